The number of likely N-dealkylation sites (tertiary alicyclic amines) is 1. The monoisotopic (exact) mass is 395 g/mol. The number of halogens is 2. The Hall–Kier alpha value is -1.79. The maximum absolute atomic E-state index is 12.3. The quantitative estimate of drug-likeness (QED) is 0.846. The van der Waals surface area contributed by atoms with Gasteiger partial charge in [0.15, 0.2) is 0 Å². The summed E-state index contributed by atoms with van der Waals surface area (Å²) < 4.78 is 6.66. The van der Waals surface area contributed by atoms with Crippen LogP contribution in [0.4, 0.5) is 10.5 Å². The Labute approximate surface area is 147 Å². The van der Waals surface area contributed by atoms with Crippen LogP contribution in [-0.2, 0) is 0 Å². The molecule has 2 heterocycles. The first kappa shape index (κ1) is 16.1. The number of hydrogen-bond donors (Lipinski definition) is 1. The van der Waals surface area contributed by atoms with Gasteiger partial charge in [0.2, 0.25) is 5.88 Å². The van der Waals surface area contributed by atoms with Gasteiger partial charge in [-0.2, -0.15) is 0 Å². The lowest BCUT2D eigenvalue weighted by atomic mass is 10.3. The SMILES string of the molecule is O=C(Nc1ccc(Cl)cc1)N1CCC(Oc2ncccc2Br)C1. The van der Waals surface area contributed by atoms with Crippen LogP contribution < -0.4 is 10.1 Å². The van der Waals surface area contributed by atoms with E-state index in [1.165, 1.54) is 0 Å². The van der Waals surface area contributed by atoms with Crippen molar-refractivity contribution >= 4 is 39.2 Å². The fraction of sp³-hybridized carbons (Fsp3) is 0.250. The average Bonchev–Trinajstić information content (AvgIpc) is 3.01. The third-order valence-electron chi connectivity index (χ3n) is 3.53. The fourth-order valence-corrected chi connectivity index (χ4v) is 2.83. The topological polar surface area (TPSA) is 54.5 Å². The van der Waals surface area contributed by atoms with Gasteiger partial charge in [0.05, 0.1) is 11.0 Å². The molecule has 2 aromatic rings. The summed E-state index contributed by atoms with van der Waals surface area (Å²) in [7, 11) is 0. The van der Waals surface area contributed by atoms with Crippen molar-refractivity contribution in [3.63, 3.8) is 0 Å². The van der Waals surface area contributed by atoms with Crippen LogP contribution in [-0.4, -0.2) is 35.1 Å². The third-order valence-corrected chi connectivity index (χ3v) is 4.39. The molecule has 1 aliphatic heterocycles. The second-order valence-electron chi connectivity index (χ2n) is 5.20. The maximum Gasteiger partial charge on any atom is 0.321 e. The predicted molar refractivity (Wildman–Crippen MR) is 93.0 cm³/mol. The maximum atomic E-state index is 12.3. The summed E-state index contributed by atoms with van der Waals surface area (Å²) in [5, 5.41) is 3.49. The summed E-state index contributed by atoms with van der Waals surface area (Å²) in [6, 6.07) is 10.6. The number of benzene rings is 1. The van der Waals surface area contributed by atoms with Crippen molar-refractivity contribution in [1.82, 2.24) is 9.88 Å². The van der Waals surface area contributed by atoms with Crippen LogP contribution in [0.5, 0.6) is 5.88 Å². The van der Waals surface area contributed by atoms with E-state index in [0.717, 1.165) is 16.6 Å². The number of amides is 2. The molecule has 1 saturated heterocycles. The molecule has 0 bridgehead atoms. The second-order valence-corrected chi connectivity index (χ2v) is 6.49. The van der Waals surface area contributed by atoms with Gasteiger partial charge in [-0.3, -0.25) is 0 Å². The Bertz CT molecular complexity index is 696. The van der Waals surface area contributed by atoms with Crippen molar-refractivity contribution in [2.24, 2.45) is 0 Å². The van der Waals surface area contributed by atoms with Gasteiger partial charge in [-0.15, -0.1) is 0 Å². The number of hydrogen-bond acceptors (Lipinski definition) is 3. The van der Waals surface area contributed by atoms with Crippen LogP contribution in [0.1, 0.15) is 6.42 Å². The Balaban J connectivity index is 1.55. The molecule has 1 aliphatic rings. The molecule has 23 heavy (non-hydrogen) atoms. The Kier molecular flexibility index (Phi) is 5.03. The molecular weight excluding hydrogens is 382 g/mol. The van der Waals surface area contributed by atoms with E-state index in [9.17, 15) is 4.79 Å². The molecule has 7 heteroatoms. The lowest BCUT2D eigenvalue weighted by Crippen LogP contribution is -2.34. The number of carbonyl (C=O) groups excluding carboxylic acids is 1. The zero-order valence-electron chi connectivity index (χ0n) is 12.2. The van der Waals surface area contributed by atoms with Gasteiger partial charge in [-0.25, -0.2) is 9.78 Å². The van der Waals surface area contributed by atoms with E-state index in [-0.39, 0.29) is 12.1 Å². The molecule has 3 rings (SSSR count). The summed E-state index contributed by atoms with van der Waals surface area (Å²) in [6.07, 6.45) is 2.40. The van der Waals surface area contributed by atoms with Gasteiger partial charge in [0, 0.05) is 29.9 Å². The van der Waals surface area contributed by atoms with Crippen molar-refractivity contribution in [3.8, 4) is 5.88 Å². The first-order valence-electron chi connectivity index (χ1n) is 7.20. The van der Waals surface area contributed by atoms with Gasteiger partial charge in [-0.1, -0.05) is 11.6 Å². The summed E-state index contributed by atoms with van der Waals surface area (Å²) in [6.45, 7) is 1.18. The van der Waals surface area contributed by atoms with Crippen LogP contribution in [0.15, 0.2) is 47.1 Å². The smallest absolute Gasteiger partial charge is 0.321 e. The number of pyridine rings is 1. The number of urea groups is 1. The van der Waals surface area contributed by atoms with E-state index in [0.29, 0.717) is 24.0 Å². The van der Waals surface area contributed by atoms with Crippen LogP contribution in [0, 0.1) is 0 Å². The molecule has 0 aliphatic carbocycles. The van der Waals surface area contributed by atoms with E-state index in [2.05, 4.69) is 26.2 Å². The minimum Gasteiger partial charge on any atom is -0.472 e. The second kappa shape index (κ2) is 7.19. The zero-order valence-corrected chi connectivity index (χ0v) is 14.5. The molecule has 120 valence electrons. The summed E-state index contributed by atoms with van der Waals surface area (Å²) in [4.78, 5) is 18.2. The van der Waals surface area contributed by atoms with E-state index >= 15 is 0 Å². The van der Waals surface area contributed by atoms with Crippen LogP contribution in [0.25, 0.3) is 0 Å². The lowest BCUT2D eigenvalue weighted by Gasteiger charge is -2.18. The van der Waals surface area contributed by atoms with Gasteiger partial charge in [-0.05, 0) is 52.3 Å². The van der Waals surface area contributed by atoms with Gasteiger partial charge in [0.25, 0.3) is 0 Å². The highest BCUT2D eigenvalue weighted by Crippen LogP contribution is 2.24. The van der Waals surface area contributed by atoms with Crippen molar-refractivity contribution in [3.05, 3.63) is 52.1 Å². The third kappa shape index (κ3) is 4.14. The highest BCUT2D eigenvalue weighted by atomic mass is 79.9. The molecule has 2 amide bonds. The van der Waals surface area contributed by atoms with E-state index in [1.54, 1.807) is 35.4 Å². The molecule has 1 atom stereocenters. The Morgan fingerprint density at radius 3 is 2.87 bits per heavy atom. The zero-order chi connectivity index (χ0) is 16.2. The van der Waals surface area contributed by atoms with Crippen molar-refractivity contribution in [1.29, 1.82) is 0 Å². The number of carbonyl (C=O) groups is 1. The number of rotatable bonds is 3. The number of nitrogens with zero attached hydrogens (tertiary/aromatic N) is 2. The summed E-state index contributed by atoms with van der Waals surface area (Å²) in [5.41, 5.74) is 0.719. The molecule has 1 aromatic heterocycles. The van der Waals surface area contributed by atoms with Gasteiger partial charge >= 0.3 is 6.03 Å². The fourth-order valence-electron chi connectivity index (χ4n) is 2.36. The molecule has 1 N–H and O–H groups in total. The Morgan fingerprint density at radius 2 is 2.13 bits per heavy atom. The van der Waals surface area contributed by atoms with E-state index < -0.39 is 0 Å². The molecular formula is C16H15BrClN3O2. The first-order chi connectivity index (χ1) is 11.1. The Morgan fingerprint density at radius 1 is 1.35 bits per heavy atom. The molecule has 5 nitrogen and oxygen atoms in total. The van der Waals surface area contributed by atoms with Crippen LogP contribution in [0.2, 0.25) is 5.02 Å². The van der Waals surface area contributed by atoms with Crippen molar-refractivity contribution < 1.29 is 9.53 Å². The van der Waals surface area contributed by atoms with Crippen LogP contribution >= 0.6 is 27.5 Å². The van der Waals surface area contributed by atoms with Gasteiger partial charge in [0.1, 0.15) is 6.10 Å². The molecule has 1 fully saturated rings. The summed E-state index contributed by atoms with van der Waals surface area (Å²) in [5.74, 6) is 0.553. The average molecular weight is 397 g/mol. The van der Waals surface area contributed by atoms with Gasteiger partial charge < -0.3 is 15.0 Å². The lowest BCUT2D eigenvalue weighted by molar-refractivity contribution is 0.189. The molecule has 0 saturated carbocycles. The van der Waals surface area contributed by atoms with E-state index in [1.807, 2.05) is 12.1 Å². The van der Waals surface area contributed by atoms with Crippen molar-refractivity contribution in [2.45, 2.75) is 12.5 Å². The predicted octanol–water partition coefficient (Wildman–Crippen LogP) is 4.18. The summed E-state index contributed by atoms with van der Waals surface area (Å²) >= 11 is 9.24. The number of anilines is 1. The standard InChI is InChI=1S/C16H15BrClN3O2/c17-14-2-1-8-19-15(14)23-13-7-9-21(10-13)16(22)20-12-5-3-11(18)4-6-12/h1-6,8,13H,7,9-10H2,(H,20,22). The minimum absolute atomic E-state index is 0.0582. The molecule has 0 radical (unpaired) electrons. The minimum atomic E-state index is -0.140. The van der Waals surface area contributed by atoms with Crippen LogP contribution in [0.3, 0.4) is 0 Å². The molecule has 0 spiro atoms. The number of aromatic nitrogens is 1. The van der Waals surface area contributed by atoms with E-state index in [4.69, 9.17) is 16.3 Å². The molecule has 1 unspecified atom stereocenters. The van der Waals surface area contributed by atoms with Crippen molar-refractivity contribution in [2.75, 3.05) is 18.4 Å². The highest BCUT2D eigenvalue weighted by molar-refractivity contribution is 9.10. The first-order valence-corrected chi connectivity index (χ1v) is 8.37. The number of ether oxygens (including phenoxy) is 1. The molecule has 1 aromatic carbocycles. The highest BCUT2D eigenvalue weighted by Gasteiger charge is 2.28. The normalized spacial score (nSPS) is 17.1. The largest absolute Gasteiger partial charge is 0.472 e. The number of nitrogens with one attached hydrogen (secondary N) is 1.